The molecule has 0 unspecified atom stereocenters. The third-order valence-electron chi connectivity index (χ3n) is 5.08. The fraction of sp³-hybridized carbons (Fsp3) is 0.318. The lowest BCUT2D eigenvalue weighted by Crippen LogP contribution is -2.26. The summed E-state index contributed by atoms with van der Waals surface area (Å²) in [6.07, 6.45) is 3.48. The number of thioether (sulfide) groups is 1. The molecule has 0 amide bonds. The summed E-state index contributed by atoms with van der Waals surface area (Å²) in [5.41, 5.74) is 3.59. The number of ketones is 1. The molecule has 1 aliphatic carbocycles. The van der Waals surface area contributed by atoms with Gasteiger partial charge in [-0.2, -0.15) is 0 Å². The minimum atomic E-state index is -0.121. The zero-order valence-electron chi connectivity index (χ0n) is 15.6. The summed E-state index contributed by atoms with van der Waals surface area (Å²) in [7, 11) is 0. The van der Waals surface area contributed by atoms with Crippen LogP contribution >= 0.6 is 11.8 Å². The molecular formula is C22H22N2O2S. The maximum atomic E-state index is 13.3. The lowest BCUT2D eigenvalue weighted by Gasteiger charge is -2.22. The fourth-order valence-electron chi connectivity index (χ4n) is 3.66. The molecule has 1 atom stereocenters. The monoisotopic (exact) mass is 378 g/mol. The van der Waals surface area contributed by atoms with Gasteiger partial charge in [0.1, 0.15) is 5.78 Å². The number of carbonyl (C=O) groups is 1. The molecule has 1 aromatic heterocycles. The van der Waals surface area contributed by atoms with Crippen LogP contribution in [0.2, 0.25) is 0 Å². The first kappa shape index (κ1) is 18.0. The molecule has 5 heteroatoms. The highest BCUT2D eigenvalue weighted by molar-refractivity contribution is 8.00. The molecule has 1 saturated carbocycles. The molecule has 138 valence electrons. The van der Waals surface area contributed by atoms with Gasteiger partial charge < -0.3 is 0 Å². The van der Waals surface area contributed by atoms with Crippen LogP contribution in [-0.2, 0) is 4.79 Å². The Morgan fingerprint density at radius 2 is 1.89 bits per heavy atom. The minimum absolute atomic E-state index is 0.0849. The molecule has 0 bridgehead atoms. The van der Waals surface area contributed by atoms with E-state index < -0.39 is 0 Å². The van der Waals surface area contributed by atoms with E-state index in [1.807, 2.05) is 50.2 Å². The van der Waals surface area contributed by atoms with Crippen LogP contribution in [0.25, 0.3) is 16.6 Å². The second-order valence-electron chi connectivity index (χ2n) is 7.16. The van der Waals surface area contributed by atoms with Gasteiger partial charge in [0.15, 0.2) is 5.16 Å². The van der Waals surface area contributed by atoms with Crippen LogP contribution in [0.1, 0.15) is 36.8 Å². The Kier molecular flexibility index (Phi) is 4.87. The molecular weight excluding hydrogens is 356 g/mol. The number of benzene rings is 2. The molecule has 4 nitrogen and oxygen atoms in total. The number of fused-ring (bicyclic) bond motifs is 1. The first-order valence-corrected chi connectivity index (χ1v) is 10.2. The highest BCUT2D eigenvalue weighted by atomic mass is 32.2. The summed E-state index contributed by atoms with van der Waals surface area (Å²) < 4.78 is 1.68. The van der Waals surface area contributed by atoms with Crippen molar-refractivity contribution in [1.82, 2.24) is 9.55 Å². The number of aromatic nitrogens is 2. The van der Waals surface area contributed by atoms with Crippen molar-refractivity contribution in [3.63, 3.8) is 0 Å². The number of hydrogen-bond donors (Lipinski definition) is 0. The Morgan fingerprint density at radius 3 is 2.67 bits per heavy atom. The molecule has 1 fully saturated rings. The molecule has 1 heterocycles. The maximum Gasteiger partial charge on any atom is 0.266 e. The average molecular weight is 378 g/mol. The van der Waals surface area contributed by atoms with Crippen LogP contribution in [-0.4, -0.2) is 20.6 Å². The van der Waals surface area contributed by atoms with E-state index in [1.165, 1.54) is 11.8 Å². The quantitative estimate of drug-likeness (QED) is 0.625. The SMILES string of the molecule is Cc1ccc(-n2c(S[C@@H]3CCCCC3=O)nc3ccccc3c2=O)c(C)c1. The number of carbonyl (C=O) groups excluding carboxylic acids is 1. The molecule has 4 rings (SSSR count). The zero-order chi connectivity index (χ0) is 19.0. The van der Waals surface area contributed by atoms with E-state index in [0.29, 0.717) is 22.5 Å². The van der Waals surface area contributed by atoms with Gasteiger partial charge in [0.05, 0.1) is 21.8 Å². The molecule has 27 heavy (non-hydrogen) atoms. The summed E-state index contributed by atoms with van der Waals surface area (Å²) in [5, 5.41) is 1.08. The predicted molar refractivity (Wildman–Crippen MR) is 110 cm³/mol. The largest absolute Gasteiger partial charge is 0.298 e. The van der Waals surface area contributed by atoms with Crippen molar-refractivity contribution in [3.8, 4) is 5.69 Å². The summed E-state index contributed by atoms with van der Waals surface area (Å²) in [5.74, 6) is 0.265. The van der Waals surface area contributed by atoms with Gasteiger partial charge in [0, 0.05) is 6.42 Å². The van der Waals surface area contributed by atoms with Gasteiger partial charge in [-0.1, -0.05) is 48.0 Å². The van der Waals surface area contributed by atoms with Crippen LogP contribution in [0, 0.1) is 13.8 Å². The Morgan fingerprint density at radius 1 is 1.07 bits per heavy atom. The molecule has 2 aromatic carbocycles. The summed E-state index contributed by atoms with van der Waals surface area (Å²) >= 11 is 1.44. The molecule has 0 spiro atoms. The Labute approximate surface area is 162 Å². The van der Waals surface area contributed by atoms with E-state index in [4.69, 9.17) is 4.98 Å². The number of nitrogens with zero attached hydrogens (tertiary/aromatic N) is 2. The molecule has 1 aliphatic rings. The van der Waals surface area contributed by atoms with Crippen molar-refractivity contribution < 1.29 is 4.79 Å². The van der Waals surface area contributed by atoms with Crippen molar-refractivity contribution >= 4 is 28.4 Å². The molecule has 0 N–H and O–H groups in total. The average Bonchev–Trinajstić information content (AvgIpc) is 2.65. The van der Waals surface area contributed by atoms with E-state index >= 15 is 0 Å². The number of para-hydroxylation sites is 1. The van der Waals surface area contributed by atoms with E-state index in [1.54, 1.807) is 4.57 Å². The number of rotatable bonds is 3. The topological polar surface area (TPSA) is 52.0 Å². The van der Waals surface area contributed by atoms with Crippen molar-refractivity contribution in [3.05, 3.63) is 63.9 Å². The number of aryl methyl sites for hydroxylation is 2. The van der Waals surface area contributed by atoms with E-state index in [0.717, 1.165) is 36.1 Å². The van der Waals surface area contributed by atoms with Crippen LogP contribution in [0.3, 0.4) is 0 Å². The Bertz CT molecular complexity index is 1090. The first-order valence-electron chi connectivity index (χ1n) is 9.33. The normalized spacial score (nSPS) is 17.4. The third-order valence-corrected chi connectivity index (χ3v) is 6.35. The number of Topliss-reactive ketones (excluding diaryl/α,β-unsaturated/α-hetero) is 1. The van der Waals surface area contributed by atoms with Gasteiger partial charge in [-0.15, -0.1) is 0 Å². The van der Waals surface area contributed by atoms with Gasteiger partial charge in [-0.25, -0.2) is 4.98 Å². The van der Waals surface area contributed by atoms with Gasteiger partial charge in [-0.05, 0) is 50.5 Å². The molecule has 0 saturated heterocycles. The van der Waals surface area contributed by atoms with E-state index in [2.05, 4.69) is 6.07 Å². The van der Waals surface area contributed by atoms with Crippen molar-refractivity contribution in [2.45, 2.75) is 49.9 Å². The first-order chi connectivity index (χ1) is 13.0. The number of hydrogen-bond acceptors (Lipinski definition) is 4. The lowest BCUT2D eigenvalue weighted by molar-refractivity contribution is -0.119. The zero-order valence-corrected chi connectivity index (χ0v) is 16.4. The van der Waals surface area contributed by atoms with Crippen LogP contribution in [0.5, 0.6) is 0 Å². The second kappa shape index (κ2) is 7.31. The predicted octanol–water partition coefficient (Wildman–Crippen LogP) is 4.61. The van der Waals surface area contributed by atoms with Gasteiger partial charge in [-0.3, -0.25) is 14.2 Å². The standard InChI is InChI=1S/C22H22N2O2S/c1-14-11-12-18(15(2)13-14)24-21(26)16-7-3-4-8-17(16)23-22(24)27-20-10-6-5-9-19(20)25/h3-4,7-8,11-13,20H,5-6,9-10H2,1-2H3/t20-/m1/s1. The van der Waals surface area contributed by atoms with Crippen LogP contribution in [0.4, 0.5) is 0 Å². The van der Waals surface area contributed by atoms with Gasteiger partial charge >= 0.3 is 0 Å². The van der Waals surface area contributed by atoms with E-state index in [-0.39, 0.29) is 16.6 Å². The van der Waals surface area contributed by atoms with E-state index in [9.17, 15) is 9.59 Å². The minimum Gasteiger partial charge on any atom is -0.298 e. The lowest BCUT2D eigenvalue weighted by atomic mass is 9.99. The molecule has 0 radical (unpaired) electrons. The van der Waals surface area contributed by atoms with Gasteiger partial charge in [0.2, 0.25) is 0 Å². The third kappa shape index (κ3) is 3.44. The smallest absolute Gasteiger partial charge is 0.266 e. The summed E-state index contributed by atoms with van der Waals surface area (Å²) in [6, 6.07) is 13.4. The van der Waals surface area contributed by atoms with Crippen molar-refractivity contribution in [2.24, 2.45) is 0 Å². The maximum absolute atomic E-state index is 13.3. The summed E-state index contributed by atoms with van der Waals surface area (Å²) in [4.78, 5) is 30.5. The van der Waals surface area contributed by atoms with Gasteiger partial charge in [0.25, 0.3) is 5.56 Å². The summed E-state index contributed by atoms with van der Waals surface area (Å²) in [6.45, 7) is 4.04. The van der Waals surface area contributed by atoms with Crippen molar-refractivity contribution in [1.29, 1.82) is 0 Å². The molecule has 0 aliphatic heterocycles. The van der Waals surface area contributed by atoms with Crippen LogP contribution < -0.4 is 5.56 Å². The van der Waals surface area contributed by atoms with Crippen LogP contribution in [0.15, 0.2) is 52.4 Å². The Balaban J connectivity index is 1.93. The Hall–Kier alpha value is -2.40. The fourth-order valence-corrected chi connectivity index (χ4v) is 4.89. The highest BCUT2D eigenvalue weighted by Crippen LogP contribution is 2.32. The van der Waals surface area contributed by atoms with Crippen molar-refractivity contribution in [2.75, 3.05) is 0 Å². The molecule has 3 aromatic rings. The highest BCUT2D eigenvalue weighted by Gasteiger charge is 2.26. The second-order valence-corrected chi connectivity index (χ2v) is 8.33.